The molecule has 2 aromatic carbocycles. The molecule has 20 heavy (non-hydrogen) atoms. The Morgan fingerprint density at radius 2 is 1.60 bits per heavy atom. The molecule has 0 atom stereocenters. The van der Waals surface area contributed by atoms with Crippen molar-refractivity contribution in [1.82, 2.24) is 10.2 Å². The molecule has 0 fully saturated rings. The van der Waals surface area contributed by atoms with Crippen molar-refractivity contribution in [1.29, 1.82) is 0 Å². The summed E-state index contributed by atoms with van der Waals surface area (Å²) in [6.07, 6.45) is 0. The van der Waals surface area contributed by atoms with Gasteiger partial charge in [0.05, 0.1) is 5.56 Å². The van der Waals surface area contributed by atoms with Gasteiger partial charge in [0.2, 0.25) is 5.89 Å². The van der Waals surface area contributed by atoms with Crippen molar-refractivity contribution in [2.45, 2.75) is 0 Å². The van der Waals surface area contributed by atoms with Crippen LogP contribution in [0.15, 0.2) is 52.9 Å². The zero-order valence-electron chi connectivity index (χ0n) is 12.5. The largest absolute Gasteiger partial charge is 2.00 e. The summed E-state index contributed by atoms with van der Waals surface area (Å²) >= 11 is 0. The van der Waals surface area contributed by atoms with Crippen LogP contribution in [0.4, 0.5) is 4.39 Å². The molecule has 1 heterocycles. The Balaban J connectivity index is 0.00000147. The standard InChI is InChI=1S/C14H9FN2O2.Be.2H/c15-10-7-5-9(6-8-10)13-16-17-14(19-13)11-3-1-2-4-12(11)18;;;/h1-8,18H;;;/q;+2;2*-1. The van der Waals surface area contributed by atoms with Gasteiger partial charge in [-0.05, 0) is 36.4 Å². The first-order valence-corrected chi connectivity index (χ1v) is 5.62. The van der Waals surface area contributed by atoms with E-state index in [9.17, 15) is 9.50 Å². The smallest absolute Gasteiger partial charge is 1.00 e. The molecule has 1 aromatic heterocycles. The van der Waals surface area contributed by atoms with Crippen LogP contribution in [0.5, 0.6) is 5.75 Å². The average Bonchev–Trinajstić information content (AvgIpc) is 2.89. The van der Waals surface area contributed by atoms with Crippen LogP contribution >= 0.6 is 0 Å². The predicted octanol–water partition coefficient (Wildman–Crippen LogP) is 3.09. The summed E-state index contributed by atoms with van der Waals surface area (Å²) in [6.45, 7) is 0. The van der Waals surface area contributed by atoms with Crippen LogP contribution in [-0.2, 0) is 0 Å². The van der Waals surface area contributed by atoms with Gasteiger partial charge in [-0.2, -0.15) is 0 Å². The first-order chi connectivity index (χ1) is 9.24. The maximum atomic E-state index is 12.8. The Morgan fingerprint density at radius 1 is 0.950 bits per heavy atom. The molecular weight excluding hydrogens is 256 g/mol. The number of halogens is 1. The summed E-state index contributed by atoms with van der Waals surface area (Å²) < 4.78 is 18.3. The van der Waals surface area contributed by atoms with E-state index in [0.717, 1.165) is 0 Å². The fourth-order valence-corrected chi connectivity index (χ4v) is 1.70. The number of hydrogen-bond donors (Lipinski definition) is 1. The second-order valence-corrected chi connectivity index (χ2v) is 3.94. The number of phenols is 1. The van der Waals surface area contributed by atoms with Gasteiger partial charge in [-0.1, -0.05) is 12.1 Å². The fourth-order valence-electron chi connectivity index (χ4n) is 1.70. The van der Waals surface area contributed by atoms with Gasteiger partial charge >= 0.3 is 10.1 Å². The van der Waals surface area contributed by atoms with Gasteiger partial charge in [0.25, 0.3) is 5.89 Å². The van der Waals surface area contributed by atoms with Crippen LogP contribution in [0, 0.1) is 5.82 Å². The first kappa shape index (κ1) is 13.9. The number of nitrogens with zero attached hydrogens (tertiary/aromatic N) is 2. The van der Waals surface area contributed by atoms with Crippen molar-refractivity contribution < 1.29 is 16.8 Å². The minimum absolute atomic E-state index is 0. The quantitative estimate of drug-likeness (QED) is 0.725. The Morgan fingerprint density at radius 3 is 2.30 bits per heavy atom. The predicted molar refractivity (Wildman–Crippen MR) is 74.8 cm³/mol. The second-order valence-electron chi connectivity index (χ2n) is 3.94. The Kier molecular flexibility index (Phi) is 3.91. The van der Waals surface area contributed by atoms with Crippen molar-refractivity contribution in [3.63, 3.8) is 0 Å². The van der Waals surface area contributed by atoms with Crippen molar-refractivity contribution >= 4 is 10.1 Å². The molecule has 4 nitrogen and oxygen atoms in total. The number of benzene rings is 2. The molecule has 0 aliphatic heterocycles. The molecule has 1 N–H and O–H groups in total. The molecule has 0 aliphatic carbocycles. The number of rotatable bonds is 2. The molecule has 0 spiro atoms. The normalized spacial score (nSPS) is 10.1. The van der Waals surface area contributed by atoms with E-state index in [1.54, 1.807) is 30.3 Å². The van der Waals surface area contributed by atoms with Gasteiger partial charge in [-0.3, -0.25) is 0 Å². The third-order valence-corrected chi connectivity index (χ3v) is 2.65. The second kappa shape index (κ2) is 5.63. The van der Waals surface area contributed by atoms with E-state index < -0.39 is 0 Å². The zero-order chi connectivity index (χ0) is 13.2. The Hall–Kier alpha value is -2.52. The maximum Gasteiger partial charge on any atom is 2.00 e. The maximum absolute atomic E-state index is 12.8. The Bertz CT molecular complexity index is 723. The molecule has 0 saturated carbocycles. The Labute approximate surface area is 121 Å². The fraction of sp³-hybridized carbons (Fsp3) is 0. The number of phenolic OH excluding ortho intramolecular Hbond substituents is 1. The van der Waals surface area contributed by atoms with Gasteiger partial charge in [0.15, 0.2) is 0 Å². The number of aromatic hydroxyl groups is 1. The summed E-state index contributed by atoms with van der Waals surface area (Å²) in [5.74, 6) is 0.233. The van der Waals surface area contributed by atoms with Gasteiger partial charge < -0.3 is 12.4 Å². The van der Waals surface area contributed by atoms with Crippen molar-refractivity contribution in [3.8, 4) is 28.7 Å². The molecule has 6 heteroatoms. The van der Waals surface area contributed by atoms with E-state index in [1.165, 1.54) is 18.2 Å². The molecule has 0 radical (unpaired) electrons. The van der Waals surface area contributed by atoms with Crippen LogP contribution in [0.3, 0.4) is 0 Å². The van der Waals surface area contributed by atoms with Crippen molar-refractivity contribution in [2.75, 3.05) is 0 Å². The number of aromatic nitrogens is 2. The monoisotopic (exact) mass is 267 g/mol. The summed E-state index contributed by atoms with van der Waals surface area (Å²) in [7, 11) is 0. The van der Waals surface area contributed by atoms with Gasteiger partial charge in [0.1, 0.15) is 11.6 Å². The molecule has 0 saturated heterocycles. The molecule has 0 bridgehead atoms. The van der Waals surface area contributed by atoms with E-state index in [1.807, 2.05) is 0 Å². The summed E-state index contributed by atoms with van der Waals surface area (Å²) in [4.78, 5) is 0. The molecule has 98 valence electrons. The molecule has 3 aromatic rings. The third-order valence-electron chi connectivity index (χ3n) is 2.65. The number of para-hydroxylation sites is 1. The molecule has 3 rings (SSSR count). The van der Waals surface area contributed by atoms with Crippen LogP contribution in [0.25, 0.3) is 22.9 Å². The summed E-state index contributed by atoms with van der Waals surface area (Å²) in [6, 6.07) is 12.4. The minimum Gasteiger partial charge on any atom is -1.00 e. The topological polar surface area (TPSA) is 59.2 Å². The third kappa shape index (κ3) is 2.58. The first-order valence-electron chi connectivity index (χ1n) is 5.62. The van der Waals surface area contributed by atoms with Gasteiger partial charge in [0, 0.05) is 5.56 Å². The van der Waals surface area contributed by atoms with Gasteiger partial charge in [-0.25, -0.2) is 4.39 Å². The molecule has 0 amide bonds. The van der Waals surface area contributed by atoms with Crippen LogP contribution in [-0.4, -0.2) is 25.4 Å². The van der Waals surface area contributed by atoms with E-state index in [0.29, 0.717) is 11.1 Å². The SMILES string of the molecule is Oc1ccccc1-c1nnc(-c2ccc(F)cc2)o1.[Be+2].[H-].[H-]. The van der Waals surface area contributed by atoms with Crippen LogP contribution < -0.4 is 0 Å². The van der Waals surface area contributed by atoms with E-state index in [-0.39, 0.29) is 36.3 Å². The molecule has 0 unspecified atom stereocenters. The number of hydrogen-bond acceptors (Lipinski definition) is 4. The van der Waals surface area contributed by atoms with E-state index in [4.69, 9.17) is 4.42 Å². The van der Waals surface area contributed by atoms with E-state index >= 15 is 0 Å². The van der Waals surface area contributed by atoms with E-state index in [2.05, 4.69) is 10.2 Å². The van der Waals surface area contributed by atoms with Crippen LogP contribution in [0.1, 0.15) is 2.85 Å². The van der Waals surface area contributed by atoms with Crippen molar-refractivity contribution in [2.24, 2.45) is 0 Å². The summed E-state index contributed by atoms with van der Waals surface area (Å²) in [5, 5.41) is 17.5. The molecule has 0 aliphatic rings. The zero-order valence-corrected chi connectivity index (χ0v) is 10.5. The minimum atomic E-state index is -0.329. The molecular formula is C14H11BeFN2O2. The summed E-state index contributed by atoms with van der Waals surface area (Å²) in [5.41, 5.74) is 1.08. The van der Waals surface area contributed by atoms with Crippen LogP contribution in [0.2, 0.25) is 0 Å². The van der Waals surface area contributed by atoms with Gasteiger partial charge in [-0.15, -0.1) is 10.2 Å². The average molecular weight is 267 g/mol. The van der Waals surface area contributed by atoms with Crippen molar-refractivity contribution in [3.05, 3.63) is 54.3 Å².